The van der Waals surface area contributed by atoms with Gasteiger partial charge in [0.15, 0.2) is 0 Å². The molecule has 2 nitrogen and oxygen atoms in total. The number of aryl methyl sites for hydroxylation is 2. The van der Waals surface area contributed by atoms with Crippen LogP contribution >= 0.6 is 0 Å². The molecule has 1 N–H and O–H groups in total. The Bertz CT molecular complexity index is 455. The number of hydrogen-bond donors (Lipinski definition) is 1. The first kappa shape index (κ1) is 9.00. The Labute approximate surface area is 84.0 Å². The third kappa shape index (κ3) is 1.43. The van der Waals surface area contributed by atoms with E-state index < -0.39 is 0 Å². The summed E-state index contributed by atoms with van der Waals surface area (Å²) in [7, 11) is 0. The largest absolute Gasteiger partial charge is 0.344 e. The van der Waals surface area contributed by atoms with E-state index in [1.165, 1.54) is 16.7 Å². The predicted octanol–water partition coefficient (Wildman–Crippen LogP) is 3.00. The van der Waals surface area contributed by atoms with Crippen molar-refractivity contribution >= 4 is 0 Å². The van der Waals surface area contributed by atoms with Crippen LogP contribution in [0, 0.1) is 20.8 Å². The number of benzene rings is 1. The van der Waals surface area contributed by atoms with Gasteiger partial charge in [0.25, 0.3) is 0 Å². The molecule has 72 valence electrons. The van der Waals surface area contributed by atoms with Crippen LogP contribution in [0.5, 0.6) is 0 Å². The second-order valence-corrected chi connectivity index (χ2v) is 3.64. The fraction of sp³-hybridized carbons (Fsp3) is 0.250. The minimum atomic E-state index is 0.962. The molecule has 1 aromatic heterocycles. The Hall–Kier alpha value is -1.57. The van der Waals surface area contributed by atoms with Crippen molar-refractivity contribution in [3.63, 3.8) is 0 Å². The van der Waals surface area contributed by atoms with E-state index in [4.69, 9.17) is 0 Å². The van der Waals surface area contributed by atoms with Crippen molar-refractivity contribution < 1.29 is 0 Å². The maximum Gasteiger partial charge on any atom is 0.137 e. The lowest BCUT2D eigenvalue weighted by Gasteiger charge is -2.04. The van der Waals surface area contributed by atoms with E-state index >= 15 is 0 Å². The van der Waals surface area contributed by atoms with Crippen molar-refractivity contribution in [2.75, 3.05) is 0 Å². The van der Waals surface area contributed by atoms with Crippen LogP contribution in [0.2, 0.25) is 0 Å². The molecular weight excluding hydrogens is 172 g/mol. The Morgan fingerprint density at radius 3 is 2.57 bits per heavy atom. The monoisotopic (exact) mass is 186 g/mol. The first-order chi connectivity index (χ1) is 6.68. The number of nitrogens with zero attached hydrogens (tertiary/aromatic N) is 1. The molecule has 2 heteroatoms. The average Bonchev–Trinajstić information content (AvgIpc) is 2.57. The zero-order valence-corrected chi connectivity index (χ0v) is 8.76. The molecule has 0 radical (unpaired) electrons. The summed E-state index contributed by atoms with van der Waals surface area (Å²) in [6, 6.07) is 6.28. The molecule has 0 fully saturated rings. The molecule has 0 unspecified atom stereocenters. The Balaban J connectivity index is 2.57. The van der Waals surface area contributed by atoms with E-state index in [2.05, 4.69) is 42.0 Å². The van der Waals surface area contributed by atoms with E-state index in [0.717, 1.165) is 11.5 Å². The summed E-state index contributed by atoms with van der Waals surface area (Å²) in [6.07, 6.45) is 1.93. The molecule has 1 aromatic carbocycles. The molecule has 0 aliphatic rings. The predicted molar refractivity (Wildman–Crippen MR) is 58.2 cm³/mol. The number of imidazole rings is 1. The van der Waals surface area contributed by atoms with Gasteiger partial charge in [-0.2, -0.15) is 0 Å². The topological polar surface area (TPSA) is 28.7 Å². The normalized spacial score (nSPS) is 10.5. The molecule has 0 saturated heterocycles. The van der Waals surface area contributed by atoms with Crippen molar-refractivity contribution in [2.24, 2.45) is 0 Å². The Kier molecular flexibility index (Phi) is 2.12. The molecule has 1 heterocycles. The summed E-state index contributed by atoms with van der Waals surface area (Å²) in [6.45, 7) is 6.24. The van der Waals surface area contributed by atoms with Gasteiger partial charge in [-0.1, -0.05) is 18.2 Å². The lowest BCUT2D eigenvalue weighted by molar-refractivity contribution is 1.23. The highest BCUT2D eigenvalue weighted by atomic mass is 14.9. The molecule has 2 aromatic rings. The summed E-state index contributed by atoms with van der Waals surface area (Å²) < 4.78 is 0. The smallest absolute Gasteiger partial charge is 0.137 e. The standard InChI is InChI=1S/C12H14N2/c1-8-5-4-6-11(10(8)3)12-13-7-9(2)14-12/h4-7H,1-3H3,(H,13,14). The highest BCUT2D eigenvalue weighted by molar-refractivity contribution is 5.61. The third-order valence-corrected chi connectivity index (χ3v) is 2.57. The van der Waals surface area contributed by atoms with E-state index in [1.807, 2.05) is 13.1 Å². The van der Waals surface area contributed by atoms with E-state index in [1.54, 1.807) is 0 Å². The molecule has 0 amide bonds. The van der Waals surface area contributed by atoms with Crippen molar-refractivity contribution in [3.05, 3.63) is 41.2 Å². The number of aromatic nitrogens is 2. The van der Waals surface area contributed by atoms with E-state index in [0.29, 0.717) is 0 Å². The molecule has 0 atom stereocenters. The second kappa shape index (κ2) is 3.29. The summed E-state index contributed by atoms with van der Waals surface area (Å²) in [5, 5.41) is 0. The van der Waals surface area contributed by atoms with Crippen LogP contribution in [-0.2, 0) is 0 Å². The molecule has 0 aliphatic carbocycles. The molecule has 0 aliphatic heterocycles. The number of nitrogens with one attached hydrogen (secondary N) is 1. The van der Waals surface area contributed by atoms with Crippen LogP contribution < -0.4 is 0 Å². The molecule has 0 spiro atoms. The summed E-state index contributed by atoms with van der Waals surface area (Å²) >= 11 is 0. The summed E-state index contributed by atoms with van der Waals surface area (Å²) in [5.74, 6) is 0.962. The fourth-order valence-electron chi connectivity index (χ4n) is 1.56. The van der Waals surface area contributed by atoms with Crippen LogP contribution in [0.25, 0.3) is 11.4 Å². The lowest BCUT2D eigenvalue weighted by Crippen LogP contribution is -1.88. The summed E-state index contributed by atoms with van der Waals surface area (Å²) in [5.41, 5.74) is 4.82. The van der Waals surface area contributed by atoms with Gasteiger partial charge >= 0.3 is 0 Å². The van der Waals surface area contributed by atoms with Crippen molar-refractivity contribution in [3.8, 4) is 11.4 Å². The van der Waals surface area contributed by atoms with Gasteiger partial charge in [-0.3, -0.25) is 0 Å². The van der Waals surface area contributed by atoms with Crippen LogP contribution in [0.4, 0.5) is 0 Å². The Morgan fingerprint density at radius 2 is 1.93 bits per heavy atom. The van der Waals surface area contributed by atoms with Gasteiger partial charge in [0.2, 0.25) is 0 Å². The minimum Gasteiger partial charge on any atom is -0.344 e. The van der Waals surface area contributed by atoms with Crippen LogP contribution in [0.1, 0.15) is 16.8 Å². The lowest BCUT2D eigenvalue weighted by atomic mass is 10.0. The molecule has 2 rings (SSSR count). The zero-order chi connectivity index (χ0) is 10.1. The highest BCUT2D eigenvalue weighted by Gasteiger charge is 2.05. The van der Waals surface area contributed by atoms with Gasteiger partial charge in [-0.25, -0.2) is 4.98 Å². The quantitative estimate of drug-likeness (QED) is 0.728. The van der Waals surface area contributed by atoms with Crippen LogP contribution in [0.3, 0.4) is 0 Å². The zero-order valence-electron chi connectivity index (χ0n) is 8.76. The fourth-order valence-corrected chi connectivity index (χ4v) is 1.56. The number of aromatic amines is 1. The molecular formula is C12H14N2. The van der Waals surface area contributed by atoms with Crippen LogP contribution in [0.15, 0.2) is 24.4 Å². The Morgan fingerprint density at radius 1 is 1.14 bits per heavy atom. The molecule has 14 heavy (non-hydrogen) atoms. The van der Waals surface area contributed by atoms with Crippen molar-refractivity contribution in [1.82, 2.24) is 9.97 Å². The minimum absolute atomic E-state index is 0.962. The maximum atomic E-state index is 4.43. The molecule has 0 bridgehead atoms. The van der Waals surface area contributed by atoms with Gasteiger partial charge in [-0.05, 0) is 31.9 Å². The van der Waals surface area contributed by atoms with Crippen molar-refractivity contribution in [1.29, 1.82) is 0 Å². The van der Waals surface area contributed by atoms with Crippen LogP contribution in [-0.4, -0.2) is 9.97 Å². The first-order valence-electron chi connectivity index (χ1n) is 4.77. The van der Waals surface area contributed by atoms with Gasteiger partial charge in [-0.15, -0.1) is 0 Å². The average molecular weight is 186 g/mol. The molecule has 0 saturated carbocycles. The first-order valence-corrected chi connectivity index (χ1v) is 4.77. The van der Waals surface area contributed by atoms with Gasteiger partial charge in [0, 0.05) is 11.8 Å². The van der Waals surface area contributed by atoms with Gasteiger partial charge in [0.05, 0.1) is 5.69 Å². The third-order valence-electron chi connectivity index (χ3n) is 2.57. The summed E-state index contributed by atoms with van der Waals surface area (Å²) in [4.78, 5) is 7.61. The second-order valence-electron chi connectivity index (χ2n) is 3.64. The highest BCUT2D eigenvalue weighted by Crippen LogP contribution is 2.22. The number of rotatable bonds is 1. The van der Waals surface area contributed by atoms with E-state index in [-0.39, 0.29) is 0 Å². The maximum absolute atomic E-state index is 4.43. The van der Waals surface area contributed by atoms with Crippen molar-refractivity contribution in [2.45, 2.75) is 20.8 Å². The number of H-pyrrole nitrogens is 1. The number of hydrogen-bond acceptors (Lipinski definition) is 1. The SMILES string of the molecule is Cc1c[nH]c(-c2cccc(C)c2C)n1. The van der Waals surface area contributed by atoms with Gasteiger partial charge < -0.3 is 4.98 Å². The van der Waals surface area contributed by atoms with Gasteiger partial charge in [0.1, 0.15) is 5.82 Å². The van der Waals surface area contributed by atoms with E-state index in [9.17, 15) is 0 Å².